The second-order valence-electron chi connectivity index (χ2n) is 7.63. The van der Waals surface area contributed by atoms with E-state index in [9.17, 15) is 0 Å². The summed E-state index contributed by atoms with van der Waals surface area (Å²) in [6, 6.07) is 0.551. The number of nitrogens with zero attached hydrogens (tertiary/aromatic N) is 4. The Morgan fingerprint density at radius 1 is 1.29 bits per heavy atom. The number of nitrogens with one attached hydrogen (secondary N) is 1. The molecule has 7 heteroatoms. The van der Waals surface area contributed by atoms with Crippen LogP contribution in [0.15, 0.2) is 9.90 Å². The Hall–Kier alpha value is -1.47. The molecule has 0 bridgehead atoms. The molecule has 0 saturated carbocycles. The molecule has 1 atom stereocenters. The molecule has 24 heavy (non-hydrogen) atoms. The Morgan fingerprint density at radius 2 is 2.00 bits per heavy atom. The fourth-order valence-electron chi connectivity index (χ4n) is 2.86. The first-order chi connectivity index (χ1) is 11.3. The monoisotopic (exact) mass is 349 g/mol. The number of hydrogen-bond acceptors (Lipinski definition) is 7. The second-order valence-corrected chi connectivity index (χ2v) is 8.46. The van der Waals surface area contributed by atoms with Gasteiger partial charge in [-0.25, -0.2) is 4.98 Å². The summed E-state index contributed by atoms with van der Waals surface area (Å²) in [6.07, 6.45) is 2.20. The zero-order valence-corrected chi connectivity index (χ0v) is 16.0. The molecule has 0 aromatic carbocycles. The van der Waals surface area contributed by atoms with Crippen molar-refractivity contribution in [3.8, 4) is 0 Å². The van der Waals surface area contributed by atoms with E-state index >= 15 is 0 Å². The molecule has 0 amide bonds. The van der Waals surface area contributed by atoms with Crippen LogP contribution < -0.4 is 10.2 Å². The Morgan fingerprint density at radius 3 is 2.54 bits per heavy atom. The first-order valence-electron chi connectivity index (χ1n) is 8.60. The van der Waals surface area contributed by atoms with E-state index in [4.69, 9.17) is 4.52 Å². The molecule has 3 rings (SSSR count). The quantitative estimate of drug-likeness (QED) is 0.912. The average Bonchev–Trinajstić information content (AvgIpc) is 3.16. The van der Waals surface area contributed by atoms with Crippen molar-refractivity contribution in [3.05, 3.63) is 22.8 Å². The van der Waals surface area contributed by atoms with Crippen molar-refractivity contribution in [1.29, 1.82) is 0 Å². The van der Waals surface area contributed by atoms with Gasteiger partial charge in [0.05, 0.1) is 11.7 Å². The summed E-state index contributed by atoms with van der Waals surface area (Å²) in [7, 11) is 0. The second kappa shape index (κ2) is 6.80. The number of rotatable bonds is 4. The Kier molecular flexibility index (Phi) is 4.92. The van der Waals surface area contributed by atoms with Gasteiger partial charge in [0, 0.05) is 29.9 Å². The summed E-state index contributed by atoms with van der Waals surface area (Å²) in [6.45, 7) is 12.5. The van der Waals surface area contributed by atoms with Crippen LogP contribution in [0.4, 0.5) is 5.13 Å². The predicted molar refractivity (Wildman–Crippen MR) is 96.6 cm³/mol. The van der Waals surface area contributed by atoms with Crippen LogP contribution in [0.5, 0.6) is 0 Å². The van der Waals surface area contributed by atoms with Gasteiger partial charge in [0.1, 0.15) is 0 Å². The smallest absolute Gasteiger partial charge is 0.243 e. The zero-order chi connectivity index (χ0) is 17.3. The van der Waals surface area contributed by atoms with Crippen molar-refractivity contribution in [2.24, 2.45) is 0 Å². The van der Waals surface area contributed by atoms with Crippen LogP contribution >= 0.6 is 11.3 Å². The fraction of sp³-hybridized carbons (Fsp3) is 0.706. The van der Waals surface area contributed by atoms with Crippen molar-refractivity contribution in [2.75, 3.05) is 18.0 Å². The molecule has 3 heterocycles. The maximum atomic E-state index is 5.45. The lowest BCUT2D eigenvalue weighted by Crippen LogP contribution is -2.43. The van der Waals surface area contributed by atoms with Gasteiger partial charge in [-0.15, -0.1) is 11.3 Å². The molecule has 132 valence electrons. The van der Waals surface area contributed by atoms with Gasteiger partial charge in [0.15, 0.2) is 11.0 Å². The average molecular weight is 350 g/mol. The van der Waals surface area contributed by atoms with Gasteiger partial charge in [-0.2, -0.15) is 4.98 Å². The molecule has 0 spiro atoms. The Labute approximate surface area is 147 Å². The molecule has 6 nitrogen and oxygen atoms in total. The molecule has 1 saturated heterocycles. The number of piperidine rings is 1. The number of thiazole rings is 1. The summed E-state index contributed by atoms with van der Waals surface area (Å²) in [5, 5.41) is 11.0. The van der Waals surface area contributed by atoms with Crippen molar-refractivity contribution < 1.29 is 4.52 Å². The third kappa shape index (κ3) is 3.95. The molecule has 0 radical (unpaired) electrons. The molecular formula is C17H27N5OS. The molecule has 1 N–H and O–H groups in total. The van der Waals surface area contributed by atoms with Crippen molar-refractivity contribution in [3.63, 3.8) is 0 Å². The first kappa shape index (κ1) is 17.4. The van der Waals surface area contributed by atoms with Gasteiger partial charge >= 0.3 is 0 Å². The minimum atomic E-state index is -0.0847. The van der Waals surface area contributed by atoms with Crippen molar-refractivity contribution in [2.45, 2.75) is 65.0 Å². The van der Waals surface area contributed by atoms with Gasteiger partial charge in [-0.3, -0.25) is 0 Å². The van der Waals surface area contributed by atoms with Crippen molar-refractivity contribution >= 4 is 16.5 Å². The third-order valence-corrected chi connectivity index (χ3v) is 5.36. The molecule has 0 unspecified atom stereocenters. The van der Waals surface area contributed by atoms with E-state index in [0.717, 1.165) is 42.6 Å². The van der Waals surface area contributed by atoms with Gasteiger partial charge in [-0.1, -0.05) is 25.9 Å². The highest BCUT2D eigenvalue weighted by Crippen LogP contribution is 2.25. The number of hydrogen-bond donors (Lipinski definition) is 1. The summed E-state index contributed by atoms with van der Waals surface area (Å²) in [5.74, 6) is 1.44. The predicted octanol–water partition coefficient (Wildman–Crippen LogP) is 3.45. The van der Waals surface area contributed by atoms with Crippen LogP contribution in [0.1, 0.15) is 64.0 Å². The SMILES string of the molecule is Cc1csc(N2CCC(N[C@@H](C)c3nc(C(C)(C)C)no3)CC2)n1. The van der Waals surface area contributed by atoms with E-state index in [1.807, 2.05) is 6.92 Å². The molecule has 0 aliphatic carbocycles. The molecule has 1 aliphatic heterocycles. The zero-order valence-electron chi connectivity index (χ0n) is 15.2. The fourth-order valence-corrected chi connectivity index (χ4v) is 3.72. The van der Waals surface area contributed by atoms with Gasteiger partial charge in [0.25, 0.3) is 0 Å². The van der Waals surface area contributed by atoms with Gasteiger partial charge in [0.2, 0.25) is 5.89 Å². The summed E-state index contributed by atoms with van der Waals surface area (Å²) in [4.78, 5) is 11.5. The maximum Gasteiger partial charge on any atom is 0.243 e. The summed E-state index contributed by atoms with van der Waals surface area (Å²) >= 11 is 1.73. The molecule has 1 fully saturated rings. The highest BCUT2D eigenvalue weighted by molar-refractivity contribution is 7.13. The lowest BCUT2D eigenvalue weighted by Gasteiger charge is -2.33. The van der Waals surface area contributed by atoms with E-state index in [2.05, 4.69) is 58.4 Å². The maximum absolute atomic E-state index is 5.45. The Bertz CT molecular complexity index is 667. The van der Waals surface area contributed by atoms with Gasteiger partial charge < -0.3 is 14.7 Å². The van der Waals surface area contributed by atoms with Gasteiger partial charge in [-0.05, 0) is 26.7 Å². The van der Waals surface area contributed by atoms with Crippen molar-refractivity contribution in [1.82, 2.24) is 20.4 Å². The normalized spacial score (nSPS) is 18.1. The molecule has 1 aliphatic rings. The van der Waals surface area contributed by atoms with Crippen LogP contribution in [-0.4, -0.2) is 34.3 Å². The number of anilines is 1. The Balaban J connectivity index is 1.53. The third-order valence-electron chi connectivity index (χ3n) is 4.34. The highest BCUT2D eigenvalue weighted by atomic mass is 32.1. The number of aryl methyl sites for hydroxylation is 1. The number of aromatic nitrogens is 3. The topological polar surface area (TPSA) is 67.1 Å². The highest BCUT2D eigenvalue weighted by Gasteiger charge is 2.26. The lowest BCUT2D eigenvalue weighted by molar-refractivity contribution is 0.302. The van der Waals surface area contributed by atoms with E-state index in [1.165, 1.54) is 0 Å². The van der Waals surface area contributed by atoms with E-state index in [1.54, 1.807) is 11.3 Å². The van der Waals surface area contributed by atoms with Crippen LogP contribution in [-0.2, 0) is 5.41 Å². The van der Waals surface area contributed by atoms with Crippen LogP contribution in [0.2, 0.25) is 0 Å². The van der Waals surface area contributed by atoms with Crippen LogP contribution in [0.25, 0.3) is 0 Å². The molecular weight excluding hydrogens is 322 g/mol. The van der Waals surface area contributed by atoms with E-state index in [0.29, 0.717) is 11.9 Å². The minimum absolute atomic E-state index is 0.0762. The molecule has 2 aromatic heterocycles. The van der Waals surface area contributed by atoms with E-state index in [-0.39, 0.29) is 11.5 Å². The lowest BCUT2D eigenvalue weighted by atomic mass is 9.96. The largest absolute Gasteiger partial charge is 0.348 e. The first-order valence-corrected chi connectivity index (χ1v) is 9.48. The van der Waals surface area contributed by atoms with Crippen LogP contribution in [0.3, 0.4) is 0 Å². The summed E-state index contributed by atoms with van der Waals surface area (Å²) in [5.41, 5.74) is 1.02. The van der Waals surface area contributed by atoms with E-state index < -0.39 is 0 Å². The molecule has 2 aromatic rings. The standard InChI is InChI=1S/C17H27N5OS/c1-11-10-24-16(18-11)22-8-6-13(7-9-22)19-12(2)14-20-15(21-23-14)17(3,4)5/h10,12-13,19H,6-9H2,1-5H3/t12-/m0/s1. The van der Waals surface area contributed by atoms with Crippen LogP contribution in [0, 0.1) is 6.92 Å². The summed E-state index contributed by atoms with van der Waals surface area (Å²) < 4.78 is 5.45. The minimum Gasteiger partial charge on any atom is -0.348 e.